The number of hydrogen-bond acceptors (Lipinski definition) is 6. The van der Waals surface area contributed by atoms with Crippen LogP contribution in [0.3, 0.4) is 0 Å². The van der Waals surface area contributed by atoms with Crippen molar-refractivity contribution >= 4 is 17.0 Å². The fourth-order valence-electron chi connectivity index (χ4n) is 1.71. The van der Waals surface area contributed by atoms with E-state index in [2.05, 4.69) is 21.5 Å². The van der Waals surface area contributed by atoms with E-state index < -0.39 is 0 Å². The van der Waals surface area contributed by atoms with E-state index in [-0.39, 0.29) is 0 Å². The monoisotopic (exact) mass is 282 g/mol. The zero-order chi connectivity index (χ0) is 13.8. The molecule has 0 unspecified atom stereocenters. The number of nitrogens with one attached hydrogen (secondary N) is 1. The van der Waals surface area contributed by atoms with Gasteiger partial charge in [-0.3, -0.25) is 0 Å². The molecule has 0 bridgehead atoms. The van der Waals surface area contributed by atoms with Crippen molar-refractivity contribution in [3.8, 4) is 17.5 Å². The van der Waals surface area contributed by atoms with E-state index >= 15 is 0 Å². The van der Waals surface area contributed by atoms with E-state index in [4.69, 9.17) is 9.78 Å². The van der Waals surface area contributed by atoms with Gasteiger partial charge in [0, 0.05) is 16.6 Å². The highest BCUT2D eigenvalue weighted by Crippen LogP contribution is 2.19. The van der Waals surface area contributed by atoms with E-state index in [9.17, 15) is 0 Å². The number of benzene rings is 1. The van der Waals surface area contributed by atoms with E-state index in [1.807, 2.05) is 29.0 Å². The van der Waals surface area contributed by atoms with Crippen LogP contribution in [0, 0.1) is 11.3 Å². The first-order chi connectivity index (χ1) is 9.85. The molecule has 0 aliphatic rings. The molecule has 0 amide bonds. The lowest BCUT2D eigenvalue weighted by Crippen LogP contribution is -1.99. The van der Waals surface area contributed by atoms with Gasteiger partial charge in [-0.15, -0.1) is 0 Å². The fraction of sp³-hybridized carbons (Fsp3) is 0.0714. The molecule has 0 radical (unpaired) electrons. The summed E-state index contributed by atoms with van der Waals surface area (Å²) < 4.78 is 5.18. The largest absolute Gasteiger partial charge is 0.376 e. The Balaban J connectivity index is 1.68. The highest BCUT2D eigenvalue weighted by molar-refractivity contribution is 7.08. The minimum absolute atomic E-state index is 0.423. The molecule has 0 saturated heterocycles. The summed E-state index contributed by atoms with van der Waals surface area (Å²) in [7, 11) is 0. The van der Waals surface area contributed by atoms with Crippen LogP contribution in [0.4, 0.5) is 5.69 Å². The van der Waals surface area contributed by atoms with Crippen LogP contribution in [0.5, 0.6) is 0 Å². The highest BCUT2D eigenvalue weighted by Gasteiger charge is 2.08. The normalized spacial score (nSPS) is 10.2. The third kappa shape index (κ3) is 2.68. The summed E-state index contributed by atoms with van der Waals surface area (Å²) >= 11 is 1.59. The summed E-state index contributed by atoms with van der Waals surface area (Å²) in [5, 5.41) is 19.9. The van der Waals surface area contributed by atoms with Crippen molar-refractivity contribution in [2.45, 2.75) is 6.54 Å². The number of nitriles is 1. The molecular formula is C14H10N4OS. The smallest absolute Gasteiger partial charge is 0.246 e. The Bertz CT molecular complexity index is 743. The molecule has 20 heavy (non-hydrogen) atoms. The number of thiophene rings is 1. The molecule has 0 atom stereocenters. The molecular weight excluding hydrogens is 272 g/mol. The maximum atomic E-state index is 8.84. The third-order valence-corrected chi connectivity index (χ3v) is 3.37. The molecule has 6 heteroatoms. The van der Waals surface area contributed by atoms with E-state index in [1.165, 1.54) is 0 Å². The first kappa shape index (κ1) is 12.4. The van der Waals surface area contributed by atoms with Crippen LogP contribution in [0.15, 0.2) is 45.6 Å². The lowest BCUT2D eigenvalue weighted by molar-refractivity contribution is 0.384. The summed E-state index contributed by atoms with van der Waals surface area (Å²) in [5.74, 6) is 1.10. The van der Waals surface area contributed by atoms with Gasteiger partial charge in [-0.1, -0.05) is 11.2 Å². The molecule has 3 rings (SSSR count). The molecule has 1 N–H and O–H groups in total. The maximum Gasteiger partial charge on any atom is 0.246 e. The molecule has 0 fully saturated rings. The molecule has 0 spiro atoms. The van der Waals surface area contributed by atoms with Crippen LogP contribution in [0.25, 0.3) is 11.4 Å². The van der Waals surface area contributed by atoms with Crippen molar-refractivity contribution in [1.29, 1.82) is 5.26 Å². The fourth-order valence-corrected chi connectivity index (χ4v) is 2.35. The van der Waals surface area contributed by atoms with Crippen molar-refractivity contribution < 1.29 is 4.52 Å². The van der Waals surface area contributed by atoms with Crippen LogP contribution in [-0.4, -0.2) is 10.1 Å². The van der Waals surface area contributed by atoms with Crippen LogP contribution in [-0.2, 0) is 6.54 Å². The maximum absolute atomic E-state index is 8.84. The topological polar surface area (TPSA) is 74.7 Å². The van der Waals surface area contributed by atoms with E-state index in [0.29, 0.717) is 23.8 Å². The summed E-state index contributed by atoms with van der Waals surface area (Å²) in [4.78, 5) is 4.31. The number of nitrogens with zero attached hydrogens (tertiary/aromatic N) is 3. The van der Waals surface area contributed by atoms with Crippen LogP contribution in [0.1, 0.15) is 11.5 Å². The molecule has 0 saturated carbocycles. The van der Waals surface area contributed by atoms with Crippen molar-refractivity contribution in [2.75, 3.05) is 5.32 Å². The van der Waals surface area contributed by atoms with Gasteiger partial charge >= 0.3 is 0 Å². The first-order valence-corrected chi connectivity index (χ1v) is 6.88. The standard InChI is InChI=1S/C14H10N4OS/c15-7-10-2-1-3-12(6-10)16-8-13-17-14(18-19-13)11-4-5-20-9-11/h1-6,9,16H,8H2. The Hall–Kier alpha value is -2.65. The van der Waals surface area contributed by atoms with Gasteiger partial charge in [0.05, 0.1) is 18.2 Å². The van der Waals surface area contributed by atoms with Crippen molar-refractivity contribution in [1.82, 2.24) is 10.1 Å². The number of hydrogen-bond donors (Lipinski definition) is 1. The zero-order valence-electron chi connectivity index (χ0n) is 10.4. The summed E-state index contributed by atoms with van der Waals surface area (Å²) in [6.45, 7) is 0.423. The van der Waals surface area contributed by atoms with Crippen LogP contribution < -0.4 is 5.32 Å². The first-order valence-electron chi connectivity index (χ1n) is 5.94. The summed E-state index contributed by atoms with van der Waals surface area (Å²) in [6, 6.07) is 11.3. The molecule has 1 aromatic carbocycles. The minimum Gasteiger partial charge on any atom is -0.376 e. The van der Waals surface area contributed by atoms with Crippen LogP contribution in [0.2, 0.25) is 0 Å². The van der Waals surface area contributed by atoms with Crippen molar-refractivity contribution in [3.05, 3.63) is 52.5 Å². The van der Waals surface area contributed by atoms with Gasteiger partial charge in [-0.2, -0.15) is 21.6 Å². The molecule has 98 valence electrons. The lowest BCUT2D eigenvalue weighted by Gasteiger charge is -2.02. The second-order valence-electron chi connectivity index (χ2n) is 4.07. The zero-order valence-corrected chi connectivity index (χ0v) is 11.2. The molecule has 3 aromatic rings. The van der Waals surface area contributed by atoms with Gasteiger partial charge in [-0.05, 0) is 29.6 Å². The number of rotatable bonds is 4. The summed E-state index contributed by atoms with van der Waals surface area (Å²) in [5.41, 5.74) is 2.41. The average molecular weight is 282 g/mol. The Labute approximate surface area is 119 Å². The molecule has 2 aromatic heterocycles. The van der Waals surface area contributed by atoms with Gasteiger partial charge in [0.2, 0.25) is 11.7 Å². The Morgan fingerprint density at radius 1 is 1.35 bits per heavy atom. The molecule has 0 aliphatic carbocycles. The Kier molecular flexibility index (Phi) is 3.44. The van der Waals surface area contributed by atoms with E-state index in [0.717, 1.165) is 11.3 Å². The van der Waals surface area contributed by atoms with Gasteiger partial charge in [0.1, 0.15) is 0 Å². The van der Waals surface area contributed by atoms with Crippen LogP contribution >= 0.6 is 11.3 Å². The van der Waals surface area contributed by atoms with Gasteiger partial charge in [0.25, 0.3) is 0 Å². The Morgan fingerprint density at radius 2 is 2.30 bits per heavy atom. The lowest BCUT2D eigenvalue weighted by atomic mass is 10.2. The average Bonchev–Trinajstić information content (AvgIpc) is 3.16. The quantitative estimate of drug-likeness (QED) is 0.794. The minimum atomic E-state index is 0.423. The molecule has 2 heterocycles. The predicted molar refractivity (Wildman–Crippen MR) is 76.1 cm³/mol. The Morgan fingerprint density at radius 3 is 3.10 bits per heavy atom. The molecule has 5 nitrogen and oxygen atoms in total. The second-order valence-corrected chi connectivity index (χ2v) is 4.85. The predicted octanol–water partition coefficient (Wildman–Crippen LogP) is 3.28. The SMILES string of the molecule is N#Cc1cccc(NCc2nc(-c3ccsc3)no2)c1. The van der Waals surface area contributed by atoms with Gasteiger partial charge in [-0.25, -0.2) is 0 Å². The van der Waals surface area contributed by atoms with Gasteiger partial charge in [0.15, 0.2) is 0 Å². The number of aromatic nitrogens is 2. The highest BCUT2D eigenvalue weighted by atomic mass is 32.1. The van der Waals surface area contributed by atoms with E-state index in [1.54, 1.807) is 23.5 Å². The molecule has 0 aliphatic heterocycles. The van der Waals surface area contributed by atoms with Crippen molar-refractivity contribution in [3.63, 3.8) is 0 Å². The van der Waals surface area contributed by atoms with Gasteiger partial charge < -0.3 is 9.84 Å². The second kappa shape index (κ2) is 5.55. The van der Waals surface area contributed by atoms with Crippen molar-refractivity contribution in [2.24, 2.45) is 0 Å². The third-order valence-electron chi connectivity index (χ3n) is 2.68. The number of anilines is 1. The summed E-state index contributed by atoms with van der Waals surface area (Å²) in [6.07, 6.45) is 0.